The lowest BCUT2D eigenvalue weighted by molar-refractivity contribution is -0.137. The quantitative estimate of drug-likeness (QED) is 0.816. The number of rotatable bonds is 4. The largest absolute Gasteiger partial charge is 0.481 e. The molecule has 3 heteroatoms. The fraction of sp³-hybridized carbons (Fsp3) is 0.462. The minimum absolute atomic E-state index is 0.0122. The van der Waals surface area contributed by atoms with Gasteiger partial charge in [0.05, 0.1) is 6.10 Å². The zero-order valence-corrected chi connectivity index (χ0v) is 9.15. The zero-order chi connectivity index (χ0) is 11.5. The van der Waals surface area contributed by atoms with Crippen molar-refractivity contribution in [2.24, 2.45) is 0 Å². The van der Waals surface area contributed by atoms with Crippen molar-refractivity contribution in [3.05, 3.63) is 34.9 Å². The predicted molar refractivity (Wildman–Crippen MR) is 60.3 cm³/mol. The highest BCUT2D eigenvalue weighted by molar-refractivity contribution is 5.66. The summed E-state index contributed by atoms with van der Waals surface area (Å²) < 4.78 is 0. The van der Waals surface area contributed by atoms with Crippen molar-refractivity contribution < 1.29 is 15.0 Å². The van der Waals surface area contributed by atoms with E-state index in [0.29, 0.717) is 0 Å². The summed E-state index contributed by atoms with van der Waals surface area (Å²) in [6.45, 7) is 0. The van der Waals surface area contributed by atoms with Gasteiger partial charge in [0.1, 0.15) is 0 Å². The monoisotopic (exact) mass is 220 g/mol. The highest BCUT2D eigenvalue weighted by Crippen LogP contribution is 2.26. The molecule has 16 heavy (non-hydrogen) atoms. The van der Waals surface area contributed by atoms with Gasteiger partial charge in [-0.3, -0.25) is 4.79 Å². The van der Waals surface area contributed by atoms with Gasteiger partial charge in [0.2, 0.25) is 0 Å². The Morgan fingerprint density at radius 2 is 2.06 bits per heavy atom. The maximum absolute atomic E-state index is 10.4. The molecule has 2 N–H and O–H groups in total. The van der Waals surface area contributed by atoms with E-state index in [0.717, 1.165) is 18.4 Å². The maximum Gasteiger partial charge on any atom is 0.303 e. The number of carboxylic acid groups (broad SMARTS) is 1. The molecule has 1 aliphatic rings. The molecule has 0 fully saturated rings. The Balaban J connectivity index is 2.06. The minimum atomic E-state index is -0.861. The van der Waals surface area contributed by atoms with Crippen molar-refractivity contribution >= 4 is 5.97 Å². The van der Waals surface area contributed by atoms with Crippen LogP contribution >= 0.6 is 0 Å². The maximum atomic E-state index is 10.4. The molecule has 3 nitrogen and oxygen atoms in total. The van der Waals surface area contributed by atoms with Crippen LogP contribution in [0, 0.1) is 0 Å². The van der Waals surface area contributed by atoms with E-state index in [1.165, 1.54) is 17.5 Å². The highest BCUT2D eigenvalue weighted by atomic mass is 16.4. The second kappa shape index (κ2) is 4.66. The number of hydrogen-bond acceptors (Lipinski definition) is 2. The summed E-state index contributed by atoms with van der Waals surface area (Å²) in [6, 6.07) is 5.99. The normalized spacial score (nSPS) is 15.8. The van der Waals surface area contributed by atoms with E-state index < -0.39 is 12.1 Å². The van der Waals surface area contributed by atoms with Crippen LogP contribution in [0.15, 0.2) is 18.2 Å². The van der Waals surface area contributed by atoms with Gasteiger partial charge in [0, 0.05) is 6.42 Å². The number of aliphatic hydroxyl groups excluding tert-OH is 1. The summed E-state index contributed by atoms with van der Waals surface area (Å²) in [5, 5.41) is 18.4. The molecule has 1 unspecified atom stereocenters. The molecule has 0 radical (unpaired) electrons. The summed E-state index contributed by atoms with van der Waals surface area (Å²) in [6.07, 6.45) is 3.04. The van der Waals surface area contributed by atoms with E-state index in [1.54, 1.807) is 0 Å². The molecule has 0 bridgehead atoms. The summed E-state index contributed by atoms with van der Waals surface area (Å²) in [5.74, 6) is -0.861. The summed E-state index contributed by atoms with van der Waals surface area (Å²) >= 11 is 0. The van der Waals surface area contributed by atoms with Crippen LogP contribution in [0.5, 0.6) is 0 Å². The first kappa shape index (κ1) is 11.1. The molecular weight excluding hydrogens is 204 g/mol. The average molecular weight is 220 g/mol. The second-order valence-electron chi connectivity index (χ2n) is 4.33. The summed E-state index contributed by atoms with van der Waals surface area (Å²) in [4.78, 5) is 10.4. The number of aliphatic carboxylic acids is 1. The molecule has 0 amide bonds. The first-order chi connectivity index (χ1) is 7.66. The van der Waals surface area contributed by atoms with E-state index in [9.17, 15) is 9.90 Å². The van der Waals surface area contributed by atoms with Crippen LogP contribution in [0.25, 0.3) is 0 Å². The van der Waals surface area contributed by atoms with E-state index in [4.69, 9.17) is 5.11 Å². The van der Waals surface area contributed by atoms with E-state index in [1.807, 2.05) is 12.1 Å². The van der Waals surface area contributed by atoms with Gasteiger partial charge in [0.15, 0.2) is 0 Å². The number of fused-ring (bicyclic) bond motifs is 1. The molecular formula is C13H16O3. The fourth-order valence-electron chi connectivity index (χ4n) is 2.23. The van der Waals surface area contributed by atoms with Crippen LogP contribution in [0.1, 0.15) is 42.1 Å². The molecule has 2 rings (SSSR count). The second-order valence-corrected chi connectivity index (χ2v) is 4.33. The van der Waals surface area contributed by atoms with Crippen LogP contribution in [0.4, 0.5) is 0 Å². The number of benzene rings is 1. The number of aliphatic hydroxyl groups is 1. The number of carbonyl (C=O) groups is 1. The lowest BCUT2D eigenvalue weighted by Gasteiger charge is -2.11. The van der Waals surface area contributed by atoms with E-state index in [2.05, 4.69) is 6.07 Å². The molecule has 0 spiro atoms. The summed E-state index contributed by atoms with van der Waals surface area (Å²) in [5.41, 5.74) is 3.53. The molecule has 1 atom stereocenters. The van der Waals surface area contributed by atoms with Gasteiger partial charge in [-0.1, -0.05) is 18.2 Å². The third-order valence-corrected chi connectivity index (χ3v) is 3.14. The molecule has 0 saturated carbocycles. The standard InChI is InChI=1S/C13H16O3/c14-12(6-7-13(15)16)11-5-4-9-2-1-3-10(9)8-11/h4-5,8,12,14H,1-3,6-7H2,(H,15,16). The summed E-state index contributed by atoms with van der Waals surface area (Å²) in [7, 11) is 0. The lowest BCUT2D eigenvalue weighted by Crippen LogP contribution is -2.03. The molecule has 0 saturated heterocycles. The van der Waals surface area contributed by atoms with Crippen LogP contribution < -0.4 is 0 Å². The van der Waals surface area contributed by atoms with Crippen LogP contribution in [0.2, 0.25) is 0 Å². The molecule has 1 aliphatic carbocycles. The molecule has 86 valence electrons. The molecule has 0 aliphatic heterocycles. The van der Waals surface area contributed by atoms with Gasteiger partial charge in [-0.15, -0.1) is 0 Å². The first-order valence-electron chi connectivity index (χ1n) is 5.68. The van der Waals surface area contributed by atoms with Gasteiger partial charge in [0.25, 0.3) is 0 Å². The number of hydrogen-bond donors (Lipinski definition) is 2. The Labute approximate surface area is 94.7 Å². The lowest BCUT2D eigenvalue weighted by atomic mass is 10.00. The van der Waals surface area contributed by atoms with Crippen molar-refractivity contribution in [1.29, 1.82) is 0 Å². The number of aryl methyl sites for hydroxylation is 2. The number of carboxylic acids is 1. The first-order valence-corrected chi connectivity index (χ1v) is 5.68. The third-order valence-electron chi connectivity index (χ3n) is 3.14. The van der Waals surface area contributed by atoms with E-state index >= 15 is 0 Å². The van der Waals surface area contributed by atoms with Gasteiger partial charge in [-0.2, -0.15) is 0 Å². The van der Waals surface area contributed by atoms with Crippen molar-refractivity contribution in [2.75, 3.05) is 0 Å². The average Bonchev–Trinajstić information content (AvgIpc) is 2.72. The Morgan fingerprint density at radius 3 is 2.81 bits per heavy atom. The van der Waals surface area contributed by atoms with Crippen molar-refractivity contribution in [2.45, 2.75) is 38.2 Å². The topological polar surface area (TPSA) is 57.5 Å². The Hall–Kier alpha value is -1.35. The molecule has 1 aromatic carbocycles. The SMILES string of the molecule is O=C(O)CCC(O)c1ccc2c(c1)CCC2. The molecule has 0 aromatic heterocycles. The van der Waals surface area contributed by atoms with Gasteiger partial charge in [-0.05, 0) is 42.4 Å². The van der Waals surface area contributed by atoms with E-state index in [-0.39, 0.29) is 12.8 Å². The zero-order valence-electron chi connectivity index (χ0n) is 9.15. The highest BCUT2D eigenvalue weighted by Gasteiger charge is 2.15. The smallest absolute Gasteiger partial charge is 0.303 e. The molecule has 1 aromatic rings. The predicted octanol–water partition coefficient (Wildman–Crippen LogP) is 2.07. The van der Waals surface area contributed by atoms with Gasteiger partial charge >= 0.3 is 5.97 Å². The van der Waals surface area contributed by atoms with Crippen molar-refractivity contribution in [3.8, 4) is 0 Å². The van der Waals surface area contributed by atoms with Crippen LogP contribution in [0.3, 0.4) is 0 Å². The van der Waals surface area contributed by atoms with Crippen molar-refractivity contribution in [3.63, 3.8) is 0 Å². The molecule has 0 heterocycles. The van der Waals surface area contributed by atoms with Gasteiger partial charge < -0.3 is 10.2 Å². The van der Waals surface area contributed by atoms with Gasteiger partial charge in [-0.25, -0.2) is 0 Å². The third kappa shape index (κ3) is 2.42. The Morgan fingerprint density at radius 1 is 1.31 bits per heavy atom. The van der Waals surface area contributed by atoms with Crippen molar-refractivity contribution in [1.82, 2.24) is 0 Å². The minimum Gasteiger partial charge on any atom is -0.481 e. The Kier molecular flexibility index (Phi) is 3.25. The van der Waals surface area contributed by atoms with Crippen LogP contribution in [-0.4, -0.2) is 16.2 Å². The fourth-order valence-corrected chi connectivity index (χ4v) is 2.23. The van der Waals surface area contributed by atoms with Crippen LogP contribution in [-0.2, 0) is 17.6 Å². The Bertz CT molecular complexity index is 398.